The van der Waals surface area contributed by atoms with Crippen LogP contribution < -0.4 is 0 Å². The fourth-order valence-corrected chi connectivity index (χ4v) is 2.42. The molecule has 0 spiro atoms. The van der Waals surface area contributed by atoms with E-state index in [-0.39, 0.29) is 6.04 Å². The Morgan fingerprint density at radius 1 is 2.00 bits per heavy atom. The summed E-state index contributed by atoms with van der Waals surface area (Å²) >= 11 is 4.90. The van der Waals surface area contributed by atoms with Crippen LogP contribution in [0.3, 0.4) is 0 Å². The molecule has 1 unspecified atom stereocenters. The van der Waals surface area contributed by atoms with E-state index < -0.39 is 0 Å². The SMILES string of the molecule is CCN1SC(Br)=CC1C=O. The minimum Gasteiger partial charge on any atom is -0.301 e. The second kappa shape index (κ2) is 3.55. The lowest BCUT2D eigenvalue weighted by atomic mass is 10.3. The first-order chi connectivity index (χ1) is 4.77. The van der Waals surface area contributed by atoms with Crippen LogP contribution in [-0.4, -0.2) is 23.2 Å². The summed E-state index contributed by atoms with van der Waals surface area (Å²) in [6, 6.07) is -0.0376. The van der Waals surface area contributed by atoms with E-state index in [9.17, 15) is 4.79 Å². The fraction of sp³-hybridized carbons (Fsp3) is 0.500. The van der Waals surface area contributed by atoms with E-state index in [0.717, 1.165) is 16.6 Å². The molecule has 1 atom stereocenters. The van der Waals surface area contributed by atoms with E-state index in [1.165, 1.54) is 0 Å². The molecule has 0 fully saturated rings. The van der Waals surface area contributed by atoms with Crippen LogP contribution in [0.2, 0.25) is 0 Å². The number of hydrogen-bond acceptors (Lipinski definition) is 3. The van der Waals surface area contributed by atoms with Gasteiger partial charge in [0, 0.05) is 6.54 Å². The molecule has 0 aromatic carbocycles. The zero-order chi connectivity index (χ0) is 7.56. The Bertz CT molecular complexity index is 171. The molecule has 1 rings (SSSR count). The number of aldehydes is 1. The van der Waals surface area contributed by atoms with Gasteiger partial charge in [0.1, 0.15) is 6.29 Å². The van der Waals surface area contributed by atoms with Crippen LogP contribution in [0.15, 0.2) is 9.89 Å². The predicted molar refractivity (Wildman–Crippen MR) is 46.8 cm³/mol. The van der Waals surface area contributed by atoms with E-state index in [0.29, 0.717) is 0 Å². The minimum atomic E-state index is -0.0376. The molecule has 0 aromatic rings. The lowest BCUT2D eigenvalue weighted by molar-refractivity contribution is -0.109. The molecule has 0 bridgehead atoms. The van der Waals surface area contributed by atoms with E-state index >= 15 is 0 Å². The summed E-state index contributed by atoms with van der Waals surface area (Å²) in [4.78, 5) is 10.4. The van der Waals surface area contributed by atoms with Gasteiger partial charge < -0.3 is 4.79 Å². The maximum Gasteiger partial charge on any atom is 0.141 e. The predicted octanol–water partition coefficient (Wildman–Crippen LogP) is 1.77. The Morgan fingerprint density at radius 2 is 2.70 bits per heavy atom. The quantitative estimate of drug-likeness (QED) is 0.524. The van der Waals surface area contributed by atoms with Gasteiger partial charge in [-0.3, -0.25) is 0 Å². The molecular formula is C6H8BrNOS. The summed E-state index contributed by atoms with van der Waals surface area (Å²) in [5.41, 5.74) is 0. The number of hydrogen-bond donors (Lipinski definition) is 0. The first kappa shape index (κ1) is 8.30. The Balaban J connectivity index is 2.60. The summed E-state index contributed by atoms with van der Waals surface area (Å²) in [5.74, 6) is 0. The van der Waals surface area contributed by atoms with E-state index in [1.54, 1.807) is 11.9 Å². The molecule has 0 N–H and O–H groups in total. The molecule has 0 aromatic heterocycles. The molecule has 10 heavy (non-hydrogen) atoms. The third-order valence-corrected chi connectivity index (χ3v) is 3.04. The number of rotatable bonds is 2. The molecule has 0 radical (unpaired) electrons. The lowest BCUT2D eigenvalue weighted by Crippen LogP contribution is -2.24. The number of likely N-dealkylation sites (N-methyl/N-ethyl adjacent to an activating group) is 1. The third kappa shape index (κ3) is 1.62. The monoisotopic (exact) mass is 221 g/mol. The van der Waals surface area contributed by atoms with Gasteiger partial charge >= 0.3 is 0 Å². The van der Waals surface area contributed by atoms with Crippen molar-refractivity contribution in [3.63, 3.8) is 0 Å². The summed E-state index contributed by atoms with van der Waals surface area (Å²) in [5, 5.41) is 0. The van der Waals surface area contributed by atoms with Crippen molar-refractivity contribution in [1.29, 1.82) is 0 Å². The highest BCUT2D eigenvalue weighted by molar-refractivity contribution is 9.14. The van der Waals surface area contributed by atoms with Crippen LogP contribution >= 0.6 is 27.9 Å². The third-order valence-electron chi connectivity index (χ3n) is 1.29. The molecule has 1 aliphatic rings. The van der Waals surface area contributed by atoms with Crippen molar-refractivity contribution in [2.45, 2.75) is 13.0 Å². The van der Waals surface area contributed by atoms with Crippen molar-refractivity contribution in [3.05, 3.63) is 9.89 Å². The minimum absolute atomic E-state index is 0.0376. The second-order valence-corrected chi connectivity index (χ2v) is 4.39. The standard InChI is InChI=1S/C6H8BrNOS/c1-2-8-5(4-9)3-6(7)10-8/h3-5H,2H2,1H3. The molecule has 2 nitrogen and oxygen atoms in total. The highest BCUT2D eigenvalue weighted by atomic mass is 79.9. The van der Waals surface area contributed by atoms with Crippen LogP contribution in [0.5, 0.6) is 0 Å². The highest BCUT2D eigenvalue weighted by Crippen LogP contribution is 2.34. The molecule has 4 heteroatoms. The Hall–Kier alpha value is 0.200. The van der Waals surface area contributed by atoms with Crippen molar-refractivity contribution in [1.82, 2.24) is 4.31 Å². The Kier molecular flexibility index (Phi) is 2.95. The van der Waals surface area contributed by atoms with Gasteiger partial charge in [-0.05, 0) is 34.0 Å². The normalized spacial score (nSPS) is 26.6. The van der Waals surface area contributed by atoms with Gasteiger partial charge in [-0.1, -0.05) is 6.92 Å². The smallest absolute Gasteiger partial charge is 0.141 e. The van der Waals surface area contributed by atoms with E-state index in [1.807, 2.05) is 17.3 Å². The first-order valence-corrected chi connectivity index (χ1v) is 4.61. The molecule has 0 amide bonds. The number of carbonyl (C=O) groups is 1. The van der Waals surface area contributed by atoms with Gasteiger partial charge in [-0.2, -0.15) is 0 Å². The van der Waals surface area contributed by atoms with Gasteiger partial charge in [-0.25, -0.2) is 4.31 Å². The van der Waals surface area contributed by atoms with Gasteiger partial charge in [-0.15, -0.1) is 0 Å². The zero-order valence-electron chi connectivity index (χ0n) is 5.58. The van der Waals surface area contributed by atoms with Crippen LogP contribution in [0.1, 0.15) is 6.92 Å². The first-order valence-electron chi connectivity index (χ1n) is 3.05. The maximum atomic E-state index is 10.4. The van der Waals surface area contributed by atoms with Crippen LogP contribution in [0, 0.1) is 0 Å². The van der Waals surface area contributed by atoms with Crippen molar-refractivity contribution >= 4 is 34.2 Å². The number of carbonyl (C=O) groups excluding carboxylic acids is 1. The number of halogens is 1. The summed E-state index contributed by atoms with van der Waals surface area (Å²) in [6.07, 6.45) is 2.85. The summed E-state index contributed by atoms with van der Waals surface area (Å²) in [7, 11) is 0. The topological polar surface area (TPSA) is 20.3 Å². The number of nitrogens with zero attached hydrogens (tertiary/aromatic N) is 1. The van der Waals surface area contributed by atoms with Crippen molar-refractivity contribution in [2.75, 3.05) is 6.54 Å². The summed E-state index contributed by atoms with van der Waals surface area (Å²) in [6.45, 7) is 2.92. The van der Waals surface area contributed by atoms with Gasteiger partial charge in [0.2, 0.25) is 0 Å². The largest absolute Gasteiger partial charge is 0.301 e. The molecule has 1 heterocycles. The van der Waals surface area contributed by atoms with Crippen LogP contribution in [0.4, 0.5) is 0 Å². The maximum absolute atomic E-state index is 10.4. The second-order valence-electron chi connectivity index (χ2n) is 1.92. The van der Waals surface area contributed by atoms with Gasteiger partial charge in [0.05, 0.1) is 9.86 Å². The van der Waals surface area contributed by atoms with Gasteiger partial charge in [0.25, 0.3) is 0 Å². The molecular weight excluding hydrogens is 214 g/mol. The highest BCUT2D eigenvalue weighted by Gasteiger charge is 2.22. The molecule has 56 valence electrons. The average molecular weight is 222 g/mol. The zero-order valence-corrected chi connectivity index (χ0v) is 7.98. The summed E-state index contributed by atoms with van der Waals surface area (Å²) < 4.78 is 3.04. The van der Waals surface area contributed by atoms with Crippen molar-refractivity contribution < 1.29 is 4.79 Å². The van der Waals surface area contributed by atoms with Crippen molar-refractivity contribution in [2.24, 2.45) is 0 Å². The average Bonchev–Trinajstić information content (AvgIpc) is 2.30. The van der Waals surface area contributed by atoms with Crippen LogP contribution in [0.25, 0.3) is 0 Å². The Morgan fingerprint density at radius 3 is 3.10 bits per heavy atom. The molecule has 0 aliphatic carbocycles. The molecule has 0 saturated heterocycles. The lowest BCUT2D eigenvalue weighted by Gasteiger charge is -2.14. The van der Waals surface area contributed by atoms with Crippen LogP contribution in [-0.2, 0) is 4.79 Å². The van der Waals surface area contributed by atoms with E-state index in [2.05, 4.69) is 15.9 Å². The van der Waals surface area contributed by atoms with Crippen molar-refractivity contribution in [3.8, 4) is 0 Å². The van der Waals surface area contributed by atoms with E-state index in [4.69, 9.17) is 0 Å². The molecule has 1 aliphatic heterocycles. The molecule has 0 saturated carbocycles. The van der Waals surface area contributed by atoms with Gasteiger partial charge in [0.15, 0.2) is 0 Å². The fourth-order valence-electron chi connectivity index (χ4n) is 0.803. The Labute approximate surface area is 72.9 Å².